The molecule has 0 spiro atoms. The number of aromatic nitrogens is 2. The van der Waals surface area contributed by atoms with Gasteiger partial charge in [0.1, 0.15) is 12.4 Å². The van der Waals surface area contributed by atoms with Gasteiger partial charge in [0, 0.05) is 16.8 Å². The third-order valence-electron chi connectivity index (χ3n) is 3.44. The Kier molecular flexibility index (Phi) is 4.46. The van der Waals surface area contributed by atoms with Gasteiger partial charge in [-0.05, 0) is 35.6 Å². The number of rotatable bonds is 5. The lowest BCUT2D eigenvalue weighted by Crippen LogP contribution is -2.22. The van der Waals surface area contributed by atoms with Crippen molar-refractivity contribution in [1.29, 1.82) is 0 Å². The topological polar surface area (TPSA) is 139 Å². The Hall–Kier alpha value is -3.62. The van der Waals surface area contributed by atoms with Gasteiger partial charge in [-0.25, -0.2) is 0 Å². The van der Waals surface area contributed by atoms with Crippen LogP contribution in [0.2, 0.25) is 0 Å². The van der Waals surface area contributed by atoms with Crippen LogP contribution in [-0.2, 0) is 6.61 Å². The molecule has 0 amide bonds. The molecule has 0 aliphatic heterocycles. The molecule has 0 saturated heterocycles. The van der Waals surface area contributed by atoms with Gasteiger partial charge in [-0.2, -0.15) is 5.10 Å². The summed E-state index contributed by atoms with van der Waals surface area (Å²) in [5.41, 5.74) is 13.6. The van der Waals surface area contributed by atoms with E-state index in [2.05, 4.69) is 20.0 Å². The summed E-state index contributed by atoms with van der Waals surface area (Å²) < 4.78 is 10.4. The number of hydrogen-bond acceptors (Lipinski definition) is 6. The Balaban J connectivity index is 1.82. The summed E-state index contributed by atoms with van der Waals surface area (Å²) >= 11 is 0. The smallest absolute Gasteiger partial charge is 0.248 e. The molecule has 4 N–H and O–H groups in total. The van der Waals surface area contributed by atoms with E-state index in [1.165, 1.54) is 0 Å². The van der Waals surface area contributed by atoms with Gasteiger partial charge >= 0.3 is 0 Å². The molecule has 0 aliphatic rings. The first-order valence-electron chi connectivity index (χ1n) is 7.38. The zero-order valence-electron chi connectivity index (χ0n) is 13.4. The highest BCUT2D eigenvalue weighted by Crippen LogP contribution is 2.21. The summed E-state index contributed by atoms with van der Waals surface area (Å²) in [7, 11) is 0. The zero-order chi connectivity index (χ0) is 17.8. The Bertz CT molecular complexity index is 959. The Morgan fingerprint density at radius 1 is 1.24 bits per heavy atom. The SMILES string of the molecule is C/C(=N/N=C(N)N)c1ccccc1OCc1ccc2no[n+]([O-])c2c1. The van der Waals surface area contributed by atoms with Crippen LogP contribution in [0, 0.1) is 5.21 Å². The fourth-order valence-electron chi connectivity index (χ4n) is 2.25. The van der Waals surface area contributed by atoms with E-state index in [0.29, 0.717) is 27.4 Å². The molecule has 9 heteroatoms. The summed E-state index contributed by atoms with van der Waals surface area (Å²) in [4.78, 5) is 0.360. The van der Waals surface area contributed by atoms with E-state index < -0.39 is 0 Å². The number of ether oxygens (including phenoxy) is 1. The van der Waals surface area contributed by atoms with Crippen LogP contribution in [0.1, 0.15) is 18.1 Å². The minimum Gasteiger partial charge on any atom is -0.488 e. The molecule has 1 heterocycles. The van der Waals surface area contributed by atoms with Crippen molar-refractivity contribution in [3.63, 3.8) is 0 Å². The molecule has 128 valence electrons. The maximum atomic E-state index is 11.5. The van der Waals surface area contributed by atoms with Gasteiger partial charge in [-0.3, -0.25) is 4.63 Å². The first kappa shape index (κ1) is 16.2. The molecule has 25 heavy (non-hydrogen) atoms. The fraction of sp³-hybridized carbons (Fsp3) is 0.125. The van der Waals surface area contributed by atoms with E-state index in [-0.39, 0.29) is 12.6 Å². The van der Waals surface area contributed by atoms with Crippen LogP contribution in [0.25, 0.3) is 11.0 Å². The van der Waals surface area contributed by atoms with Crippen LogP contribution in [0.3, 0.4) is 0 Å². The second-order valence-corrected chi connectivity index (χ2v) is 5.25. The largest absolute Gasteiger partial charge is 0.488 e. The normalized spacial score (nSPS) is 11.5. The van der Waals surface area contributed by atoms with E-state index in [9.17, 15) is 5.21 Å². The molecule has 3 aromatic rings. The van der Waals surface area contributed by atoms with Crippen molar-refractivity contribution in [1.82, 2.24) is 5.16 Å². The quantitative estimate of drug-likeness (QED) is 0.308. The Labute approximate surface area is 142 Å². The molecule has 2 aromatic carbocycles. The molecule has 0 saturated carbocycles. The van der Waals surface area contributed by atoms with Gasteiger partial charge in [0.15, 0.2) is 0 Å². The molecule has 0 aliphatic carbocycles. The maximum absolute atomic E-state index is 11.5. The second-order valence-electron chi connectivity index (χ2n) is 5.25. The molecular formula is C16H16N6O3. The number of fused-ring (bicyclic) bond motifs is 1. The predicted octanol–water partition coefficient (Wildman–Crippen LogP) is 1.04. The van der Waals surface area contributed by atoms with Gasteiger partial charge in [0.2, 0.25) is 17.0 Å². The molecule has 0 unspecified atom stereocenters. The van der Waals surface area contributed by atoms with E-state index in [1.807, 2.05) is 30.3 Å². The number of benzene rings is 2. The summed E-state index contributed by atoms with van der Waals surface area (Å²) in [6.07, 6.45) is 0. The Morgan fingerprint density at radius 3 is 2.84 bits per heavy atom. The van der Waals surface area contributed by atoms with Crippen molar-refractivity contribution in [3.05, 3.63) is 58.8 Å². The van der Waals surface area contributed by atoms with Crippen molar-refractivity contribution in [2.45, 2.75) is 13.5 Å². The van der Waals surface area contributed by atoms with Gasteiger partial charge < -0.3 is 21.4 Å². The molecule has 3 rings (SSSR count). The van der Waals surface area contributed by atoms with Gasteiger partial charge in [0.05, 0.1) is 5.71 Å². The first-order valence-corrected chi connectivity index (χ1v) is 7.38. The lowest BCUT2D eigenvalue weighted by Gasteiger charge is -2.10. The lowest BCUT2D eigenvalue weighted by atomic mass is 10.1. The predicted molar refractivity (Wildman–Crippen MR) is 91.8 cm³/mol. The van der Waals surface area contributed by atoms with Crippen LogP contribution in [-0.4, -0.2) is 16.8 Å². The van der Waals surface area contributed by atoms with E-state index in [1.54, 1.807) is 19.1 Å². The zero-order valence-corrected chi connectivity index (χ0v) is 13.4. The molecule has 1 aromatic heterocycles. The number of guanidine groups is 1. The highest BCUT2D eigenvalue weighted by molar-refractivity contribution is 6.01. The average Bonchev–Trinajstić information content (AvgIpc) is 2.99. The van der Waals surface area contributed by atoms with Crippen molar-refractivity contribution in [2.75, 3.05) is 0 Å². The molecule has 0 fully saturated rings. The van der Waals surface area contributed by atoms with Gasteiger partial charge in [-0.1, -0.05) is 18.2 Å². The van der Waals surface area contributed by atoms with Crippen molar-refractivity contribution < 1.29 is 14.3 Å². The summed E-state index contributed by atoms with van der Waals surface area (Å²) in [6, 6.07) is 12.6. The van der Waals surface area contributed by atoms with Crippen LogP contribution < -0.4 is 21.1 Å². The minimum atomic E-state index is -0.120. The summed E-state index contributed by atoms with van der Waals surface area (Å²) in [5.74, 6) is 0.501. The number of para-hydroxylation sites is 1. The fourth-order valence-corrected chi connectivity index (χ4v) is 2.25. The second kappa shape index (κ2) is 6.87. The summed E-state index contributed by atoms with van der Waals surface area (Å²) in [6.45, 7) is 2.03. The van der Waals surface area contributed by atoms with Crippen LogP contribution in [0.4, 0.5) is 0 Å². The van der Waals surface area contributed by atoms with Crippen LogP contribution in [0.15, 0.2) is 57.3 Å². The molecule has 9 nitrogen and oxygen atoms in total. The maximum Gasteiger partial charge on any atom is 0.248 e. The lowest BCUT2D eigenvalue weighted by molar-refractivity contribution is -0.782. The molecule has 0 bridgehead atoms. The summed E-state index contributed by atoms with van der Waals surface area (Å²) in [5, 5.41) is 22.7. The van der Waals surface area contributed by atoms with Crippen LogP contribution >= 0.6 is 0 Å². The molecule has 0 radical (unpaired) electrons. The number of nitrogens with two attached hydrogens (primary N) is 2. The molecular weight excluding hydrogens is 324 g/mol. The highest BCUT2D eigenvalue weighted by atomic mass is 16.8. The third kappa shape index (κ3) is 3.66. The molecule has 0 atom stereocenters. The van der Waals surface area contributed by atoms with Gasteiger partial charge in [-0.15, -0.1) is 5.10 Å². The highest BCUT2D eigenvalue weighted by Gasteiger charge is 2.11. The Morgan fingerprint density at radius 2 is 2.04 bits per heavy atom. The van der Waals surface area contributed by atoms with E-state index in [4.69, 9.17) is 16.2 Å². The monoisotopic (exact) mass is 340 g/mol. The standard InChI is InChI=1S/C16H16N6O3/c1-10(19-20-16(17)18)12-4-2-3-5-15(12)24-9-11-6-7-13-14(8-11)22(23)25-21-13/h2-8H,9H2,1H3,(H4,17,18,20)/b19-10-. The number of nitrogens with zero attached hydrogens (tertiary/aromatic N) is 4. The van der Waals surface area contributed by atoms with E-state index >= 15 is 0 Å². The van der Waals surface area contributed by atoms with E-state index in [0.717, 1.165) is 11.1 Å². The number of hydrogen-bond donors (Lipinski definition) is 2. The minimum absolute atomic E-state index is 0.120. The van der Waals surface area contributed by atoms with Gasteiger partial charge in [0.25, 0.3) is 0 Å². The van der Waals surface area contributed by atoms with Crippen molar-refractivity contribution >= 4 is 22.7 Å². The third-order valence-corrected chi connectivity index (χ3v) is 3.44. The van der Waals surface area contributed by atoms with Crippen molar-refractivity contribution in [2.24, 2.45) is 21.7 Å². The van der Waals surface area contributed by atoms with Crippen LogP contribution in [0.5, 0.6) is 5.75 Å². The first-order chi connectivity index (χ1) is 12.0. The van der Waals surface area contributed by atoms with Crippen molar-refractivity contribution in [3.8, 4) is 5.75 Å². The average molecular weight is 340 g/mol.